The summed E-state index contributed by atoms with van der Waals surface area (Å²) in [6.07, 6.45) is 2.94. The van der Waals surface area contributed by atoms with Crippen molar-refractivity contribution in [3.63, 3.8) is 0 Å². The van der Waals surface area contributed by atoms with Gasteiger partial charge in [-0.1, -0.05) is 18.2 Å². The number of hydrogen-bond acceptors (Lipinski definition) is 5. The molecule has 0 atom stereocenters. The normalized spacial score (nSPS) is 10.0. The lowest BCUT2D eigenvalue weighted by molar-refractivity contribution is -0.126. The summed E-state index contributed by atoms with van der Waals surface area (Å²) in [7, 11) is 0. The molecular weight excluding hydrogens is 268 g/mol. The van der Waals surface area contributed by atoms with Crippen LogP contribution in [0.3, 0.4) is 0 Å². The lowest BCUT2D eigenvalue weighted by atomic mass is 10.2. The summed E-state index contributed by atoms with van der Waals surface area (Å²) in [6, 6.07) is 0. The maximum Gasteiger partial charge on any atom is 0.239 e. The minimum Gasteiger partial charge on any atom is -0.395 e. The third-order valence-corrected chi connectivity index (χ3v) is 3.13. The van der Waals surface area contributed by atoms with Crippen LogP contribution in [0.1, 0.15) is 32.6 Å². The first kappa shape index (κ1) is 17.9. The third kappa shape index (κ3) is 13.2. The van der Waals surface area contributed by atoms with Crippen LogP contribution in [0.5, 0.6) is 0 Å². The zero-order valence-corrected chi connectivity index (χ0v) is 12.1. The van der Waals surface area contributed by atoms with Gasteiger partial charge in [-0.2, -0.15) is 0 Å². The van der Waals surface area contributed by atoms with Crippen LogP contribution in [-0.4, -0.2) is 47.5 Å². The van der Waals surface area contributed by atoms with Crippen molar-refractivity contribution in [2.45, 2.75) is 32.6 Å². The fourth-order valence-corrected chi connectivity index (χ4v) is 1.94. The summed E-state index contributed by atoms with van der Waals surface area (Å²) in [5.41, 5.74) is 0. The van der Waals surface area contributed by atoms with Crippen molar-refractivity contribution < 1.29 is 19.5 Å². The summed E-state index contributed by atoms with van der Waals surface area (Å²) in [5.74, 6) is 0.333. The molecule has 6 nitrogen and oxygen atoms in total. The van der Waals surface area contributed by atoms with Gasteiger partial charge in [0.25, 0.3) is 0 Å². The molecule has 0 fully saturated rings. The van der Waals surface area contributed by atoms with Crippen molar-refractivity contribution in [3.8, 4) is 0 Å². The molecule has 0 aromatic heterocycles. The monoisotopic (exact) mass is 290 g/mol. The molecule has 2 amide bonds. The molecule has 7 heteroatoms. The maximum atomic E-state index is 11.4. The molecular formula is C12H22N2O4S. The van der Waals surface area contributed by atoms with E-state index in [1.807, 2.05) is 0 Å². The SMILES string of the molecule is CC(=O)SCCCCCC(=O)NCC(=O)NCCO. The van der Waals surface area contributed by atoms with Crippen LogP contribution in [0.25, 0.3) is 0 Å². The zero-order valence-electron chi connectivity index (χ0n) is 11.2. The Morgan fingerprint density at radius 3 is 2.42 bits per heavy atom. The Bertz CT molecular complexity index is 297. The molecule has 0 spiro atoms. The minimum absolute atomic E-state index is 0.0565. The van der Waals surface area contributed by atoms with E-state index >= 15 is 0 Å². The number of nitrogens with one attached hydrogen (secondary N) is 2. The average molecular weight is 290 g/mol. The highest BCUT2D eigenvalue weighted by Crippen LogP contribution is 2.07. The van der Waals surface area contributed by atoms with E-state index in [0.29, 0.717) is 6.42 Å². The molecule has 0 saturated carbocycles. The summed E-state index contributed by atoms with van der Waals surface area (Å²) >= 11 is 1.30. The molecule has 0 heterocycles. The topological polar surface area (TPSA) is 95.5 Å². The standard InChI is InChI=1S/C12H22N2O4S/c1-10(16)19-8-4-2-3-5-11(17)14-9-12(18)13-6-7-15/h15H,2-9H2,1H3,(H,13,18)(H,14,17). The highest BCUT2D eigenvalue weighted by molar-refractivity contribution is 8.13. The molecule has 0 aliphatic heterocycles. The van der Waals surface area contributed by atoms with E-state index in [-0.39, 0.29) is 36.6 Å². The van der Waals surface area contributed by atoms with Crippen molar-refractivity contribution >= 4 is 28.7 Å². The predicted molar refractivity (Wildman–Crippen MR) is 74.7 cm³/mol. The van der Waals surface area contributed by atoms with Gasteiger partial charge in [-0.3, -0.25) is 14.4 Å². The van der Waals surface area contributed by atoms with E-state index in [2.05, 4.69) is 10.6 Å². The fraction of sp³-hybridized carbons (Fsp3) is 0.750. The van der Waals surface area contributed by atoms with E-state index in [1.54, 1.807) is 6.92 Å². The Kier molecular flexibility index (Phi) is 11.3. The highest BCUT2D eigenvalue weighted by atomic mass is 32.2. The number of thioether (sulfide) groups is 1. The Morgan fingerprint density at radius 1 is 1.05 bits per heavy atom. The highest BCUT2D eigenvalue weighted by Gasteiger charge is 2.04. The van der Waals surface area contributed by atoms with Crippen molar-refractivity contribution in [2.75, 3.05) is 25.4 Å². The molecule has 0 saturated heterocycles. The van der Waals surface area contributed by atoms with Gasteiger partial charge in [0.15, 0.2) is 5.12 Å². The smallest absolute Gasteiger partial charge is 0.239 e. The van der Waals surface area contributed by atoms with Crippen LogP contribution in [0.15, 0.2) is 0 Å². The first-order chi connectivity index (χ1) is 9.06. The minimum atomic E-state index is -0.305. The van der Waals surface area contributed by atoms with Crippen LogP contribution < -0.4 is 10.6 Å². The second-order valence-corrected chi connectivity index (χ2v) is 5.27. The second-order valence-electron chi connectivity index (χ2n) is 4.00. The van der Waals surface area contributed by atoms with Crippen LogP contribution in [0.2, 0.25) is 0 Å². The van der Waals surface area contributed by atoms with E-state index < -0.39 is 0 Å². The van der Waals surface area contributed by atoms with Crippen molar-refractivity contribution in [2.24, 2.45) is 0 Å². The van der Waals surface area contributed by atoms with Crippen molar-refractivity contribution in [1.82, 2.24) is 10.6 Å². The number of carbonyl (C=O) groups is 3. The first-order valence-corrected chi connectivity index (χ1v) is 7.32. The van der Waals surface area contributed by atoms with Crippen molar-refractivity contribution in [3.05, 3.63) is 0 Å². The average Bonchev–Trinajstić information content (AvgIpc) is 2.37. The predicted octanol–water partition coefficient (Wildman–Crippen LogP) is 0.0512. The lowest BCUT2D eigenvalue weighted by Gasteiger charge is -2.05. The quantitative estimate of drug-likeness (QED) is 0.494. The Hall–Kier alpha value is -1.08. The van der Waals surface area contributed by atoms with Gasteiger partial charge >= 0.3 is 0 Å². The van der Waals surface area contributed by atoms with E-state index in [0.717, 1.165) is 25.0 Å². The number of rotatable bonds is 10. The molecule has 0 rings (SSSR count). The van der Waals surface area contributed by atoms with Gasteiger partial charge in [0.05, 0.1) is 13.2 Å². The largest absolute Gasteiger partial charge is 0.395 e. The zero-order chi connectivity index (χ0) is 14.5. The van der Waals surface area contributed by atoms with Crippen LogP contribution in [0, 0.1) is 0 Å². The van der Waals surface area contributed by atoms with Gasteiger partial charge < -0.3 is 15.7 Å². The second kappa shape index (κ2) is 12.0. The number of amides is 2. The van der Waals surface area contributed by atoms with Crippen LogP contribution in [-0.2, 0) is 14.4 Å². The first-order valence-electron chi connectivity index (χ1n) is 6.34. The molecule has 0 aromatic rings. The molecule has 3 N–H and O–H groups in total. The number of hydrogen-bond donors (Lipinski definition) is 3. The summed E-state index contributed by atoms with van der Waals surface area (Å²) < 4.78 is 0. The van der Waals surface area contributed by atoms with Gasteiger partial charge in [0.1, 0.15) is 0 Å². The van der Waals surface area contributed by atoms with Gasteiger partial charge in [0, 0.05) is 25.6 Å². The van der Waals surface area contributed by atoms with Gasteiger partial charge in [-0.25, -0.2) is 0 Å². The number of aliphatic hydroxyl groups excluding tert-OH is 1. The van der Waals surface area contributed by atoms with E-state index in [9.17, 15) is 14.4 Å². The van der Waals surface area contributed by atoms with Gasteiger partial charge in [-0.15, -0.1) is 0 Å². The summed E-state index contributed by atoms with van der Waals surface area (Å²) in [6.45, 7) is 1.57. The lowest BCUT2D eigenvalue weighted by Crippen LogP contribution is -2.37. The molecule has 0 unspecified atom stereocenters. The number of aliphatic hydroxyl groups is 1. The summed E-state index contributed by atoms with van der Waals surface area (Å²) in [5, 5.41) is 13.6. The molecule has 0 aliphatic rings. The van der Waals surface area contributed by atoms with Crippen molar-refractivity contribution in [1.29, 1.82) is 0 Å². The molecule has 0 radical (unpaired) electrons. The Morgan fingerprint density at radius 2 is 1.79 bits per heavy atom. The van der Waals surface area contributed by atoms with E-state index in [1.165, 1.54) is 11.8 Å². The van der Waals surface area contributed by atoms with Gasteiger partial charge in [-0.05, 0) is 12.8 Å². The van der Waals surface area contributed by atoms with Crippen LogP contribution in [0.4, 0.5) is 0 Å². The molecule has 0 aliphatic carbocycles. The molecule has 0 bridgehead atoms. The Labute approximate surface area is 117 Å². The number of unbranched alkanes of at least 4 members (excludes halogenated alkanes) is 2. The maximum absolute atomic E-state index is 11.4. The van der Waals surface area contributed by atoms with Crippen LogP contribution >= 0.6 is 11.8 Å². The third-order valence-electron chi connectivity index (χ3n) is 2.23. The molecule has 19 heavy (non-hydrogen) atoms. The summed E-state index contributed by atoms with van der Waals surface area (Å²) in [4.78, 5) is 33.1. The number of carbonyl (C=O) groups excluding carboxylic acids is 3. The fourth-order valence-electron chi connectivity index (χ4n) is 1.31. The van der Waals surface area contributed by atoms with E-state index in [4.69, 9.17) is 5.11 Å². The van der Waals surface area contributed by atoms with Gasteiger partial charge in [0.2, 0.25) is 11.8 Å². The molecule has 0 aromatic carbocycles. The molecule has 110 valence electrons. The Balaban J connectivity index is 3.39.